The molecule has 0 aliphatic rings. The summed E-state index contributed by atoms with van der Waals surface area (Å²) in [7, 11) is 0. The van der Waals surface area contributed by atoms with E-state index in [4.69, 9.17) is 10.5 Å². The summed E-state index contributed by atoms with van der Waals surface area (Å²) in [6.45, 7) is 6.59. The molecular formula is C16H23NO2. The number of benzene rings is 1. The first-order valence-corrected chi connectivity index (χ1v) is 6.62. The van der Waals surface area contributed by atoms with Crippen LogP contribution in [0.3, 0.4) is 0 Å². The number of nitrogens with two attached hydrogens (primary N) is 1. The molecule has 0 fully saturated rings. The lowest BCUT2D eigenvalue weighted by molar-refractivity contribution is -0.153. The van der Waals surface area contributed by atoms with Gasteiger partial charge >= 0.3 is 5.97 Å². The third kappa shape index (κ3) is 4.87. The van der Waals surface area contributed by atoms with Crippen LogP contribution in [0.2, 0.25) is 0 Å². The molecule has 19 heavy (non-hydrogen) atoms. The molecule has 0 aromatic heterocycles. The Labute approximate surface area is 115 Å². The van der Waals surface area contributed by atoms with E-state index in [2.05, 4.69) is 0 Å². The summed E-state index contributed by atoms with van der Waals surface area (Å²) < 4.78 is 5.05. The minimum atomic E-state index is -0.482. The fourth-order valence-electron chi connectivity index (χ4n) is 1.66. The maximum atomic E-state index is 11.7. The molecule has 1 rings (SSSR count). The molecule has 1 aromatic rings. The van der Waals surface area contributed by atoms with E-state index in [1.807, 2.05) is 57.2 Å². The Morgan fingerprint density at radius 3 is 2.47 bits per heavy atom. The van der Waals surface area contributed by atoms with E-state index in [0.717, 1.165) is 11.1 Å². The number of hydrogen-bond acceptors (Lipinski definition) is 3. The molecule has 2 N–H and O–H groups in total. The largest absolute Gasteiger partial charge is 0.466 e. The molecule has 0 atom stereocenters. The van der Waals surface area contributed by atoms with Crippen molar-refractivity contribution in [3.8, 4) is 0 Å². The summed E-state index contributed by atoms with van der Waals surface area (Å²) in [6, 6.07) is 8.07. The molecule has 104 valence electrons. The van der Waals surface area contributed by atoms with Gasteiger partial charge in [0.05, 0.1) is 12.0 Å². The zero-order valence-corrected chi connectivity index (χ0v) is 12.0. The van der Waals surface area contributed by atoms with Crippen molar-refractivity contribution < 1.29 is 9.53 Å². The van der Waals surface area contributed by atoms with Crippen molar-refractivity contribution in [2.24, 2.45) is 11.1 Å². The number of rotatable bonds is 6. The summed E-state index contributed by atoms with van der Waals surface area (Å²) in [5, 5.41) is 0. The zero-order valence-electron chi connectivity index (χ0n) is 12.0. The lowest BCUT2D eigenvalue weighted by Gasteiger charge is -2.20. The molecule has 0 radical (unpaired) electrons. The second-order valence-corrected chi connectivity index (χ2v) is 5.16. The molecule has 0 unspecified atom stereocenters. The zero-order chi connectivity index (χ0) is 14.3. The first-order chi connectivity index (χ1) is 8.99. The van der Waals surface area contributed by atoms with Gasteiger partial charge in [0.2, 0.25) is 0 Å². The SMILES string of the molecule is CCOC(=O)C(C)(C)CC=Cc1ccc(CN)cc1. The molecular weight excluding hydrogens is 238 g/mol. The summed E-state index contributed by atoms with van der Waals surface area (Å²) in [5.41, 5.74) is 7.29. The van der Waals surface area contributed by atoms with Crippen LogP contribution in [0.1, 0.15) is 38.3 Å². The van der Waals surface area contributed by atoms with Gasteiger partial charge in [0.15, 0.2) is 0 Å². The van der Waals surface area contributed by atoms with Gasteiger partial charge in [-0.15, -0.1) is 0 Å². The minimum Gasteiger partial charge on any atom is -0.466 e. The van der Waals surface area contributed by atoms with E-state index >= 15 is 0 Å². The first kappa shape index (κ1) is 15.4. The van der Waals surface area contributed by atoms with E-state index < -0.39 is 5.41 Å². The fourth-order valence-corrected chi connectivity index (χ4v) is 1.66. The lowest BCUT2D eigenvalue weighted by atomic mass is 9.89. The van der Waals surface area contributed by atoms with Gasteiger partial charge in [0, 0.05) is 6.54 Å². The smallest absolute Gasteiger partial charge is 0.311 e. The van der Waals surface area contributed by atoms with Gasteiger partial charge in [0.25, 0.3) is 0 Å². The molecule has 1 aromatic carbocycles. The van der Waals surface area contributed by atoms with E-state index in [1.165, 1.54) is 0 Å². The highest BCUT2D eigenvalue weighted by atomic mass is 16.5. The number of esters is 1. The quantitative estimate of drug-likeness (QED) is 0.800. The first-order valence-electron chi connectivity index (χ1n) is 6.62. The summed E-state index contributed by atoms with van der Waals surface area (Å²) >= 11 is 0. The molecule has 0 amide bonds. The minimum absolute atomic E-state index is 0.155. The number of allylic oxidation sites excluding steroid dienone is 1. The van der Waals surface area contributed by atoms with E-state index in [9.17, 15) is 4.79 Å². The van der Waals surface area contributed by atoms with Crippen molar-refractivity contribution in [1.29, 1.82) is 0 Å². The van der Waals surface area contributed by atoms with Gasteiger partial charge in [-0.05, 0) is 38.3 Å². The Kier molecular flexibility index (Phi) is 5.77. The second-order valence-electron chi connectivity index (χ2n) is 5.16. The average molecular weight is 261 g/mol. The number of ether oxygens (including phenoxy) is 1. The Morgan fingerprint density at radius 1 is 1.32 bits per heavy atom. The normalized spacial score (nSPS) is 11.8. The third-order valence-electron chi connectivity index (χ3n) is 2.98. The van der Waals surface area contributed by atoms with Gasteiger partial charge in [-0.25, -0.2) is 0 Å². The van der Waals surface area contributed by atoms with Crippen molar-refractivity contribution in [3.63, 3.8) is 0 Å². The van der Waals surface area contributed by atoms with E-state index in [1.54, 1.807) is 0 Å². The van der Waals surface area contributed by atoms with Crippen molar-refractivity contribution >= 4 is 12.0 Å². The van der Waals surface area contributed by atoms with Crippen LogP contribution in [-0.2, 0) is 16.1 Å². The van der Waals surface area contributed by atoms with Crippen molar-refractivity contribution in [2.75, 3.05) is 6.61 Å². The van der Waals surface area contributed by atoms with Gasteiger partial charge in [-0.1, -0.05) is 36.4 Å². The highest BCUT2D eigenvalue weighted by Gasteiger charge is 2.27. The van der Waals surface area contributed by atoms with Crippen LogP contribution < -0.4 is 5.73 Å². The molecule has 0 saturated carbocycles. The van der Waals surface area contributed by atoms with Crippen LogP contribution in [0.15, 0.2) is 30.3 Å². The van der Waals surface area contributed by atoms with Gasteiger partial charge in [-0.3, -0.25) is 4.79 Å². The van der Waals surface area contributed by atoms with Crippen LogP contribution in [0.4, 0.5) is 0 Å². The van der Waals surface area contributed by atoms with Gasteiger partial charge in [-0.2, -0.15) is 0 Å². The number of carbonyl (C=O) groups is 1. The maximum Gasteiger partial charge on any atom is 0.311 e. The van der Waals surface area contributed by atoms with Crippen LogP contribution in [0, 0.1) is 5.41 Å². The predicted molar refractivity (Wildman–Crippen MR) is 78.4 cm³/mol. The lowest BCUT2D eigenvalue weighted by Crippen LogP contribution is -2.25. The molecule has 0 aliphatic heterocycles. The third-order valence-corrected chi connectivity index (χ3v) is 2.98. The van der Waals surface area contributed by atoms with Gasteiger partial charge < -0.3 is 10.5 Å². The Balaban J connectivity index is 2.59. The summed E-state index contributed by atoms with van der Waals surface area (Å²) in [4.78, 5) is 11.7. The highest BCUT2D eigenvalue weighted by Crippen LogP contribution is 2.23. The van der Waals surface area contributed by atoms with Crippen molar-refractivity contribution in [1.82, 2.24) is 0 Å². The standard InChI is InChI=1S/C16H23NO2/c1-4-19-15(18)16(2,3)11-5-6-13-7-9-14(12-17)10-8-13/h5-10H,4,11-12,17H2,1-3H3. The fraction of sp³-hybridized carbons (Fsp3) is 0.438. The van der Waals surface area contributed by atoms with Crippen LogP contribution in [0.25, 0.3) is 6.08 Å². The van der Waals surface area contributed by atoms with Crippen LogP contribution >= 0.6 is 0 Å². The second kappa shape index (κ2) is 7.10. The molecule has 0 spiro atoms. The molecule has 0 bridgehead atoms. The van der Waals surface area contributed by atoms with Crippen molar-refractivity contribution in [3.05, 3.63) is 41.5 Å². The highest BCUT2D eigenvalue weighted by molar-refractivity contribution is 5.76. The monoisotopic (exact) mass is 261 g/mol. The predicted octanol–water partition coefficient (Wildman–Crippen LogP) is 3.14. The van der Waals surface area contributed by atoms with Crippen LogP contribution in [0.5, 0.6) is 0 Å². The molecule has 3 heteroatoms. The summed E-state index contributed by atoms with van der Waals surface area (Å²) in [6.07, 6.45) is 4.68. The van der Waals surface area contributed by atoms with Crippen molar-refractivity contribution in [2.45, 2.75) is 33.7 Å². The Bertz CT molecular complexity index is 433. The molecule has 0 aliphatic carbocycles. The maximum absolute atomic E-state index is 11.7. The van der Waals surface area contributed by atoms with Crippen LogP contribution in [-0.4, -0.2) is 12.6 Å². The molecule has 3 nitrogen and oxygen atoms in total. The molecule has 0 saturated heterocycles. The van der Waals surface area contributed by atoms with E-state index in [0.29, 0.717) is 19.6 Å². The number of hydrogen-bond donors (Lipinski definition) is 1. The Hall–Kier alpha value is -1.61. The van der Waals surface area contributed by atoms with E-state index in [-0.39, 0.29) is 5.97 Å². The summed E-state index contributed by atoms with van der Waals surface area (Å²) in [5.74, 6) is -0.155. The topological polar surface area (TPSA) is 52.3 Å². The molecule has 0 heterocycles. The number of carbonyl (C=O) groups excluding carboxylic acids is 1. The Morgan fingerprint density at radius 2 is 1.95 bits per heavy atom. The average Bonchev–Trinajstić information content (AvgIpc) is 2.39. The van der Waals surface area contributed by atoms with Gasteiger partial charge in [0.1, 0.15) is 0 Å².